The number of hydrogen-bond acceptors (Lipinski definition) is 2. The maximum atomic E-state index is 11.7. The Morgan fingerprint density at radius 2 is 1.69 bits per heavy atom. The Morgan fingerprint density at radius 1 is 1.12 bits per heavy atom. The minimum absolute atomic E-state index is 0.0861. The lowest BCUT2D eigenvalue weighted by atomic mass is 10.1. The second-order valence-electron chi connectivity index (χ2n) is 4.88. The van der Waals surface area contributed by atoms with Gasteiger partial charge in [-0.05, 0) is 32.1 Å². The summed E-state index contributed by atoms with van der Waals surface area (Å²) in [6.07, 6.45) is 3.18. The highest BCUT2D eigenvalue weighted by Gasteiger charge is 2.15. The summed E-state index contributed by atoms with van der Waals surface area (Å²) in [5.41, 5.74) is 0. The van der Waals surface area contributed by atoms with Crippen molar-refractivity contribution in [2.24, 2.45) is 5.92 Å². The molecule has 0 aromatic carbocycles. The normalized spacial score (nSPS) is 13.2. The van der Waals surface area contributed by atoms with Gasteiger partial charge in [0.05, 0.1) is 6.04 Å². The van der Waals surface area contributed by atoms with Gasteiger partial charge in [0.2, 0.25) is 5.91 Å². The number of hydrogen-bond donors (Lipinski definition) is 2. The predicted molar refractivity (Wildman–Crippen MR) is 69.4 cm³/mol. The van der Waals surface area contributed by atoms with Crippen molar-refractivity contribution in [2.75, 3.05) is 6.54 Å². The van der Waals surface area contributed by atoms with E-state index < -0.39 is 0 Å². The van der Waals surface area contributed by atoms with Gasteiger partial charge >= 0.3 is 0 Å². The lowest BCUT2D eigenvalue weighted by Crippen LogP contribution is -2.46. The molecule has 3 heteroatoms. The highest BCUT2D eigenvalue weighted by molar-refractivity contribution is 5.81. The molecule has 0 radical (unpaired) electrons. The van der Waals surface area contributed by atoms with Gasteiger partial charge in [0.15, 0.2) is 0 Å². The summed E-state index contributed by atoms with van der Waals surface area (Å²) in [5.74, 6) is 0.759. The lowest BCUT2D eigenvalue weighted by Gasteiger charge is -2.20. The van der Waals surface area contributed by atoms with Crippen LogP contribution in [-0.4, -0.2) is 24.5 Å². The molecular weight excluding hydrogens is 200 g/mol. The van der Waals surface area contributed by atoms with Gasteiger partial charge in [-0.25, -0.2) is 0 Å². The average Bonchev–Trinajstić information content (AvgIpc) is 2.24. The third kappa shape index (κ3) is 6.83. The van der Waals surface area contributed by atoms with E-state index in [1.807, 2.05) is 6.92 Å². The van der Waals surface area contributed by atoms with Gasteiger partial charge < -0.3 is 10.6 Å². The topological polar surface area (TPSA) is 41.1 Å². The highest BCUT2D eigenvalue weighted by atomic mass is 16.2. The molecule has 0 aromatic rings. The smallest absolute Gasteiger partial charge is 0.236 e. The Morgan fingerprint density at radius 3 is 2.12 bits per heavy atom. The molecule has 0 rings (SSSR count). The first-order chi connectivity index (χ1) is 7.51. The predicted octanol–water partition coefficient (Wildman–Crippen LogP) is 2.32. The molecular formula is C13H28N2O. The number of nitrogens with one attached hydrogen (secondary N) is 2. The van der Waals surface area contributed by atoms with Crippen molar-refractivity contribution >= 4 is 5.91 Å². The minimum atomic E-state index is -0.0861. The van der Waals surface area contributed by atoms with Crippen molar-refractivity contribution in [3.8, 4) is 0 Å². The molecule has 0 spiro atoms. The van der Waals surface area contributed by atoms with Crippen LogP contribution in [0, 0.1) is 5.92 Å². The molecule has 1 unspecified atom stereocenters. The molecule has 0 aliphatic carbocycles. The second-order valence-corrected chi connectivity index (χ2v) is 4.88. The molecule has 0 saturated carbocycles. The number of carbonyl (C=O) groups is 1. The summed E-state index contributed by atoms with van der Waals surface area (Å²) in [6.45, 7) is 11.3. The first-order valence-corrected chi connectivity index (χ1v) is 6.54. The van der Waals surface area contributed by atoms with Crippen LogP contribution in [-0.2, 0) is 4.79 Å². The van der Waals surface area contributed by atoms with E-state index in [2.05, 4.69) is 38.3 Å². The molecule has 0 aromatic heterocycles. The molecule has 0 heterocycles. The molecule has 2 N–H and O–H groups in total. The van der Waals surface area contributed by atoms with Crippen LogP contribution in [0.2, 0.25) is 0 Å². The summed E-state index contributed by atoms with van der Waals surface area (Å²) in [5, 5.41) is 6.31. The molecule has 0 aliphatic rings. The van der Waals surface area contributed by atoms with Crippen molar-refractivity contribution in [3.05, 3.63) is 0 Å². The Hall–Kier alpha value is -0.570. The van der Waals surface area contributed by atoms with E-state index in [1.165, 1.54) is 0 Å². The van der Waals surface area contributed by atoms with Crippen LogP contribution < -0.4 is 10.6 Å². The molecule has 0 saturated heterocycles. The summed E-state index contributed by atoms with van der Waals surface area (Å²) < 4.78 is 0. The average molecular weight is 228 g/mol. The fourth-order valence-electron chi connectivity index (χ4n) is 1.59. The van der Waals surface area contributed by atoms with Gasteiger partial charge in [-0.2, -0.15) is 0 Å². The van der Waals surface area contributed by atoms with Crippen LogP contribution in [0.3, 0.4) is 0 Å². The molecule has 1 atom stereocenters. The Kier molecular flexibility index (Phi) is 8.26. The summed E-state index contributed by atoms with van der Waals surface area (Å²) in [6, 6.07) is 0.364. The van der Waals surface area contributed by atoms with Crippen LogP contribution in [0.1, 0.15) is 53.9 Å². The van der Waals surface area contributed by atoms with E-state index in [1.54, 1.807) is 0 Å². The largest absolute Gasteiger partial charge is 0.355 e. The van der Waals surface area contributed by atoms with E-state index >= 15 is 0 Å². The van der Waals surface area contributed by atoms with Gasteiger partial charge in [0.1, 0.15) is 0 Å². The monoisotopic (exact) mass is 228 g/mol. The Labute approximate surface area is 100 Å². The molecule has 0 bridgehead atoms. The van der Waals surface area contributed by atoms with E-state index in [0.29, 0.717) is 12.0 Å². The Bertz CT molecular complexity index is 188. The van der Waals surface area contributed by atoms with Crippen molar-refractivity contribution in [1.82, 2.24) is 10.6 Å². The summed E-state index contributed by atoms with van der Waals surface area (Å²) in [7, 11) is 0. The fourth-order valence-corrected chi connectivity index (χ4v) is 1.59. The van der Waals surface area contributed by atoms with Crippen molar-refractivity contribution in [1.29, 1.82) is 0 Å². The van der Waals surface area contributed by atoms with Gasteiger partial charge in [-0.1, -0.05) is 27.7 Å². The van der Waals surface area contributed by atoms with Crippen LogP contribution in [0.15, 0.2) is 0 Å². The zero-order chi connectivity index (χ0) is 12.6. The first kappa shape index (κ1) is 15.4. The van der Waals surface area contributed by atoms with E-state index in [4.69, 9.17) is 0 Å². The summed E-state index contributed by atoms with van der Waals surface area (Å²) >= 11 is 0. The standard InChI is InChI=1S/C13H28N2O/c1-6-12(7-2)15-11(5)13(16)14-9-8-10(3)4/h10-12,15H,6-9H2,1-5H3,(H,14,16). The molecule has 0 aliphatic heterocycles. The summed E-state index contributed by atoms with van der Waals surface area (Å²) in [4.78, 5) is 11.7. The number of amides is 1. The third-order valence-electron chi connectivity index (χ3n) is 2.89. The van der Waals surface area contributed by atoms with Crippen molar-refractivity contribution < 1.29 is 4.79 Å². The Balaban J connectivity index is 3.80. The molecule has 0 fully saturated rings. The SMILES string of the molecule is CCC(CC)NC(C)C(=O)NCCC(C)C. The van der Waals surface area contributed by atoms with Gasteiger partial charge in [0, 0.05) is 12.6 Å². The highest BCUT2D eigenvalue weighted by Crippen LogP contribution is 1.99. The maximum Gasteiger partial charge on any atom is 0.236 e. The fraction of sp³-hybridized carbons (Fsp3) is 0.923. The van der Waals surface area contributed by atoms with Gasteiger partial charge in [-0.15, -0.1) is 0 Å². The van der Waals surface area contributed by atoms with Crippen molar-refractivity contribution in [2.45, 2.75) is 66.0 Å². The molecule has 96 valence electrons. The molecule has 1 amide bonds. The van der Waals surface area contributed by atoms with Crippen LogP contribution in [0.25, 0.3) is 0 Å². The maximum absolute atomic E-state index is 11.7. The van der Waals surface area contributed by atoms with Crippen LogP contribution in [0.5, 0.6) is 0 Å². The van der Waals surface area contributed by atoms with E-state index in [0.717, 1.165) is 25.8 Å². The van der Waals surface area contributed by atoms with Crippen molar-refractivity contribution in [3.63, 3.8) is 0 Å². The second kappa shape index (κ2) is 8.57. The van der Waals surface area contributed by atoms with Crippen LogP contribution in [0.4, 0.5) is 0 Å². The quantitative estimate of drug-likeness (QED) is 0.669. The third-order valence-corrected chi connectivity index (χ3v) is 2.89. The van der Waals surface area contributed by atoms with Crippen LogP contribution >= 0.6 is 0 Å². The van der Waals surface area contributed by atoms with Gasteiger partial charge in [-0.3, -0.25) is 4.79 Å². The zero-order valence-corrected chi connectivity index (χ0v) is 11.5. The first-order valence-electron chi connectivity index (χ1n) is 6.54. The van der Waals surface area contributed by atoms with Gasteiger partial charge in [0.25, 0.3) is 0 Å². The van der Waals surface area contributed by atoms with E-state index in [9.17, 15) is 4.79 Å². The molecule has 16 heavy (non-hydrogen) atoms. The minimum Gasteiger partial charge on any atom is -0.355 e. The lowest BCUT2D eigenvalue weighted by molar-refractivity contribution is -0.123. The number of rotatable bonds is 8. The zero-order valence-electron chi connectivity index (χ0n) is 11.5. The van der Waals surface area contributed by atoms with E-state index in [-0.39, 0.29) is 11.9 Å². The number of carbonyl (C=O) groups excluding carboxylic acids is 1. The molecule has 3 nitrogen and oxygen atoms in total.